The quantitative estimate of drug-likeness (QED) is 0.116. The van der Waals surface area contributed by atoms with E-state index < -0.39 is 0 Å². The number of alkyl halides is 1. The molecule has 0 saturated carbocycles. The lowest BCUT2D eigenvalue weighted by atomic mass is 9.97. The van der Waals surface area contributed by atoms with Crippen molar-refractivity contribution in [2.45, 2.75) is 57.4 Å². The van der Waals surface area contributed by atoms with Gasteiger partial charge < -0.3 is 19.1 Å². The predicted molar refractivity (Wildman–Crippen MR) is 199 cm³/mol. The number of hydrogen-bond acceptors (Lipinski definition) is 5. The van der Waals surface area contributed by atoms with Gasteiger partial charge in [0.05, 0.1) is 11.4 Å². The highest BCUT2D eigenvalue weighted by molar-refractivity contribution is 6.22. The van der Waals surface area contributed by atoms with E-state index in [1.807, 2.05) is 36.4 Å². The molecule has 1 saturated heterocycles. The molecule has 5 nitrogen and oxygen atoms in total. The average Bonchev–Trinajstić information content (AvgIpc) is 3.41. The van der Waals surface area contributed by atoms with Gasteiger partial charge in [0.25, 0.3) is 0 Å². The number of aryl methyl sites for hydroxylation is 1. The van der Waals surface area contributed by atoms with E-state index in [-0.39, 0.29) is 11.4 Å². The van der Waals surface area contributed by atoms with Crippen LogP contribution in [0.15, 0.2) is 121 Å². The monoisotopic (exact) mass is 672 g/mol. The highest BCUT2D eigenvalue weighted by atomic mass is 35.5. The van der Waals surface area contributed by atoms with Gasteiger partial charge >= 0.3 is 0 Å². The lowest BCUT2D eigenvalue weighted by Crippen LogP contribution is -2.33. The third-order valence-corrected chi connectivity index (χ3v) is 10.2. The zero-order valence-corrected chi connectivity index (χ0v) is 29.0. The van der Waals surface area contributed by atoms with Gasteiger partial charge in [0.15, 0.2) is 0 Å². The minimum absolute atomic E-state index is 0.0651. The zero-order chi connectivity index (χ0) is 33.4. The molecule has 0 aromatic heterocycles. The first-order valence-electron chi connectivity index (χ1n) is 17.5. The summed E-state index contributed by atoms with van der Waals surface area (Å²) < 4.78 is 18.6. The van der Waals surface area contributed by atoms with Crippen LogP contribution in [0.5, 0.6) is 17.2 Å². The first-order valence-corrected chi connectivity index (χ1v) is 18.0. The van der Waals surface area contributed by atoms with E-state index in [9.17, 15) is 0 Å². The van der Waals surface area contributed by atoms with Gasteiger partial charge in [-0.15, -0.1) is 11.6 Å². The molecule has 49 heavy (non-hydrogen) atoms. The van der Waals surface area contributed by atoms with Crippen molar-refractivity contribution in [2.24, 2.45) is 0 Å². The molecule has 0 radical (unpaired) electrons. The van der Waals surface area contributed by atoms with Crippen LogP contribution in [0.4, 0.5) is 5.69 Å². The second-order valence-electron chi connectivity index (χ2n) is 13.2. The maximum atomic E-state index is 7.44. The van der Waals surface area contributed by atoms with E-state index in [4.69, 9.17) is 25.8 Å². The van der Waals surface area contributed by atoms with Crippen molar-refractivity contribution in [3.05, 3.63) is 155 Å². The van der Waals surface area contributed by atoms with E-state index in [0.717, 1.165) is 51.7 Å². The molecule has 6 heteroatoms. The summed E-state index contributed by atoms with van der Waals surface area (Å²) in [5, 5.41) is -0.262. The van der Waals surface area contributed by atoms with Gasteiger partial charge in [0, 0.05) is 18.8 Å². The molecule has 2 unspecified atom stereocenters. The molecule has 2 heterocycles. The Morgan fingerprint density at radius 3 is 1.88 bits per heavy atom. The van der Waals surface area contributed by atoms with Gasteiger partial charge in [-0.05, 0) is 109 Å². The zero-order valence-electron chi connectivity index (χ0n) is 28.3. The van der Waals surface area contributed by atoms with Crippen LogP contribution in [-0.4, -0.2) is 31.1 Å². The summed E-state index contributed by atoms with van der Waals surface area (Å²) in [6.45, 7) is 7.98. The van der Waals surface area contributed by atoms with Crippen LogP contribution >= 0.6 is 11.6 Å². The minimum Gasteiger partial charge on any atom is -0.492 e. The third-order valence-electron chi connectivity index (χ3n) is 9.68. The van der Waals surface area contributed by atoms with Crippen molar-refractivity contribution >= 4 is 17.3 Å². The lowest BCUT2D eigenvalue weighted by molar-refractivity contribution is 0.183. The Labute approximate surface area is 296 Å². The molecule has 2 atom stereocenters. The molecule has 2 aliphatic rings. The number of nitrogens with zero attached hydrogens (tertiary/aromatic N) is 2. The number of fused-ring (bicyclic) bond motifs is 1. The van der Waals surface area contributed by atoms with Crippen molar-refractivity contribution in [2.75, 3.05) is 31.1 Å². The highest BCUT2D eigenvalue weighted by Gasteiger charge is 2.39. The summed E-state index contributed by atoms with van der Waals surface area (Å²) in [5.41, 5.74) is 8.03. The van der Waals surface area contributed by atoms with Crippen molar-refractivity contribution in [1.29, 1.82) is 0 Å². The summed E-state index contributed by atoms with van der Waals surface area (Å²) in [6, 6.07) is 41.7. The molecule has 2 aliphatic heterocycles. The summed E-state index contributed by atoms with van der Waals surface area (Å²) in [6.07, 6.45) is 3.95. The van der Waals surface area contributed by atoms with E-state index in [1.54, 1.807) is 0 Å². The van der Waals surface area contributed by atoms with Crippen LogP contribution in [0.25, 0.3) is 0 Å². The Morgan fingerprint density at radius 2 is 1.22 bits per heavy atom. The second kappa shape index (κ2) is 15.8. The smallest absolute Gasteiger partial charge is 0.120 e. The predicted octanol–water partition coefficient (Wildman–Crippen LogP) is 10.1. The normalized spacial score (nSPS) is 17.5. The van der Waals surface area contributed by atoms with Crippen molar-refractivity contribution in [3.63, 3.8) is 0 Å². The molecule has 0 spiro atoms. The van der Waals surface area contributed by atoms with Crippen LogP contribution in [0.2, 0.25) is 0 Å². The molecule has 7 rings (SSSR count). The Balaban J connectivity index is 1.10. The molecular weight excluding hydrogens is 628 g/mol. The lowest BCUT2D eigenvalue weighted by Gasteiger charge is -2.31. The van der Waals surface area contributed by atoms with Crippen LogP contribution in [0.3, 0.4) is 0 Å². The van der Waals surface area contributed by atoms with E-state index in [1.165, 1.54) is 43.5 Å². The van der Waals surface area contributed by atoms with Gasteiger partial charge in [-0.2, -0.15) is 0 Å². The van der Waals surface area contributed by atoms with Crippen LogP contribution in [-0.2, 0) is 19.8 Å². The molecule has 0 amide bonds. The SMILES string of the molecule is Cc1cc(OCc2ccccc2)ccc1C1C(Cl)c2cc(OCc3ccccc3)ccc2N1Cc1ccc(OCCN2CCCCC2)cc1. The number of anilines is 1. The molecule has 1 fully saturated rings. The number of hydrogen-bond donors (Lipinski definition) is 0. The fourth-order valence-electron chi connectivity index (χ4n) is 7.01. The number of piperidine rings is 1. The second-order valence-corrected chi connectivity index (χ2v) is 13.6. The van der Waals surface area contributed by atoms with E-state index in [2.05, 4.69) is 102 Å². The maximum absolute atomic E-state index is 7.44. The van der Waals surface area contributed by atoms with Crippen LogP contribution in [0.1, 0.15) is 64.1 Å². The summed E-state index contributed by atoms with van der Waals surface area (Å²) in [4.78, 5) is 4.94. The van der Waals surface area contributed by atoms with Crippen LogP contribution in [0, 0.1) is 6.92 Å². The Kier molecular flexibility index (Phi) is 10.7. The van der Waals surface area contributed by atoms with Gasteiger partial charge in [-0.1, -0.05) is 85.3 Å². The molecule has 0 N–H and O–H groups in total. The van der Waals surface area contributed by atoms with E-state index >= 15 is 0 Å². The third kappa shape index (κ3) is 8.24. The summed E-state index contributed by atoms with van der Waals surface area (Å²) in [7, 11) is 0. The van der Waals surface area contributed by atoms with E-state index in [0.29, 0.717) is 26.4 Å². The van der Waals surface area contributed by atoms with Crippen molar-refractivity contribution < 1.29 is 14.2 Å². The number of benzene rings is 5. The molecule has 5 aromatic rings. The summed E-state index contributed by atoms with van der Waals surface area (Å²) in [5.74, 6) is 2.59. The summed E-state index contributed by atoms with van der Waals surface area (Å²) >= 11 is 7.44. The topological polar surface area (TPSA) is 34.2 Å². The fraction of sp³-hybridized carbons (Fsp3) is 0.302. The molecule has 0 bridgehead atoms. The standard InChI is InChI=1S/C43H45ClN2O3/c1-32-27-37(48-30-34-11-5-2-6-12-34)19-21-39(32)43-42(44)40-28-38(49-31-35-13-7-3-8-14-35)20-22-41(40)46(43)29-33-15-17-36(18-16-33)47-26-25-45-23-9-4-10-24-45/h2-3,5-8,11-22,27-28,42-43H,4,9-10,23-26,29-31H2,1H3. The van der Waals surface area contributed by atoms with Crippen LogP contribution < -0.4 is 19.1 Å². The van der Waals surface area contributed by atoms with Gasteiger partial charge in [0.1, 0.15) is 37.1 Å². The molecular formula is C43H45ClN2O3. The van der Waals surface area contributed by atoms with Crippen molar-refractivity contribution in [1.82, 2.24) is 4.90 Å². The van der Waals surface area contributed by atoms with Crippen molar-refractivity contribution in [3.8, 4) is 17.2 Å². The first-order chi connectivity index (χ1) is 24.1. The first kappa shape index (κ1) is 33.1. The number of ether oxygens (including phenoxy) is 3. The Hall–Kier alpha value is -4.45. The minimum atomic E-state index is -0.262. The van der Waals surface area contributed by atoms with Gasteiger partial charge in [-0.3, -0.25) is 4.90 Å². The molecule has 0 aliphatic carbocycles. The number of halogens is 1. The molecule has 5 aromatic carbocycles. The maximum Gasteiger partial charge on any atom is 0.120 e. The van der Waals surface area contributed by atoms with Gasteiger partial charge in [-0.25, -0.2) is 0 Å². The van der Waals surface area contributed by atoms with Gasteiger partial charge in [0.2, 0.25) is 0 Å². The molecule has 252 valence electrons. The Bertz CT molecular complexity index is 1790. The Morgan fingerprint density at radius 1 is 0.612 bits per heavy atom. The number of likely N-dealkylation sites (tertiary alicyclic amines) is 1. The largest absolute Gasteiger partial charge is 0.492 e. The average molecular weight is 673 g/mol. The number of rotatable bonds is 13. The highest BCUT2D eigenvalue weighted by Crippen LogP contribution is 2.53. The fourth-order valence-corrected chi connectivity index (χ4v) is 7.45.